The summed E-state index contributed by atoms with van der Waals surface area (Å²) in [7, 11) is 0. The summed E-state index contributed by atoms with van der Waals surface area (Å²) in [5, 5.41) is 17.3. The number of benzene rings is 1. The molecule has 1 aromatic rings. The van der Waals surface area contributed by atoms with E-state index in [0.717, 1.165) is 63.4 Å². The number of nitrogens with zero attached hydrogens (tertiary/aromatic N) is 2. The first-order valence-electron chi connectivity index (χ1n) is 11.2. The largest absolute Gasteiger partial charge is 0.462 e. The molecule has 4 nitrogen and oxygen atoms in total. The smallest absolute Gasteiger partial charge is 0.309 e. The number of hydrogen-bond donors (Lipinski definition) is 0. The zero-order valence-electron chi connectivity index (χ0n) is 17.7. The maximum Gasteiger partial charge on any atom is 0.309 e. The van der Waals surface area contributed by atoms with E-state index in [4.69, 9.17) is 15.3 Å². The van der Waals surface area contributed by atoms with E-state index < -0.39 is 11.6 Å². The number of rotatable bonds is 6. The molecule has 2 aliphatic carbocycles. The standard InChI is InChI=1S/C25H28F2N2O2/c26-22(16-29)3-1-2-17-4-6-19(7-5-17)25(30)31-23-12-10-18(11-13-23)20-8-9-21(15-28)24(27)14-20/h3,8-9,14,17-19,23H,1-2,4-7,10-13H2. The van der Waals surface area contributed by atoms with E-state index >= 15 is 0 Å². The summed E-state index contributed by atoms with van der Waals surface area (Å²) in [5.74, 6) is -0.677. The lowest BCUT2D eigenvalue weighted by Crippen LogP contribution is -2.29. The van der Waals surface area contributed by atoms with Gasteiger partial charge in [-0.05, 0) is 99.8 Å². The first kappa shape index (κ1) is 22.9. The van der Waals surface area contributed by atoms with Crippen molar-refractivity contribution in [1.82, 2.24) is 0 Å². The van der Waals surface area contributed by atoms with Gasteiger partial charge in [-0.2, -0.15) is 14.9 Å². The molecule has 2 aliphatic rings. The minimum absolute atomic E-state index is 0.0619. The number of halogens is 2. The molecule has 1 aromatic carbocycles. The highest BCUT2D eigenvalue weighted by molar-refractivity contribution is 5.72. The lowest BCUT2D eigenvalue weighted by atomic mass is 9.79. The lowest BCUT2D eigenvalue weighted by Gasteiger charge is -2.31. The van der Waals surface area contributed by atoms with Crippen LogP contribution >= 0.6 is 0 Å². The molecule has 2 fully saturated rings. The molecule has 0 bridgehead atoms. The Morgan fingerprint density at radius 1 is 1.10 bits per heavy atom. The van der Waals surface area contributed by atoms with E-state index in [1.54, 1.807) is 0 Å². The molecule has 0 heterocycles. The van der Waals surface area contributed by atoms with E-state index in [1.807, 2.05) is 12.1 Å². The molecule has 31 heavy (non-hydrogen) atoms. The molecular formula is C25H28F2N2O2. The van der Waals surface area contributed by atoms with Gasteiger partial charge in [-0.15, -0.1) is 0 Å². The number of carbonyl (C=O) groups excluding carboxylic acids is 1. The van der Waals surface area contributed by atoms with E-state index in [-0.39, 0.29) is 29.5 Å². The molecule has 3 rings (SSSR count). The first-order chi connectivity index (χ1) is 15.0. The van der Waals surface area contributed by atoms with Gasteiger partial charge in [0, 0.05) is 0 Å². The van der Waals surface area contributed by atoms with Crippen molar-refractivity contribution in [3.8, 4) is 12.1 Å². The van der Waals surface area contributed by atoms with Crippen LogP contribution in [-0.2, 0) is 9.53 Å². The van der Waals surface area contributed by atoms with Crippen LogP contribution < -0.4 is 0 Å². The van der Waals surface area contributed by atoms with Crippen LogP contribution in [0.15, 0.2) is 30.1 Å². The molecule has 0 aromatic heterocycles. The normalized spacial score (nSPS) is 26.5. The monoisotopic (exact) mass is 426 g/mol. The van der Waals surface area contributed by atoms with E-state index in [0.29, 0.717) is 12.3 Å². The summed E-state index contributed by atoms with van der Waals surface area (Å²) < 4.78 is 32.5. The van der Waals surface area contributed by atoms with Crippen molar-refractivity contribution in [3.63, 3.8) is 0 Å². The van der Waals surface area contributed by atoms with Crippen LogP contribution in [0.2, 0.25) is 0 Å². The Kier molecular flexibility index (Phi) is 8.18. The van der Waals surface area contributed by atoms with Crippen LogP contribution in [-0.4, -0.2) is 12.1 Å². The van der Waals surface area contributed by atoms with Gasteiger partial charge in [0.25, 0.3) is 0 Å². The van der Waals surface area contributed by atoms with Crippen LogP contribution in [0.3, 0.4) is 0 Å². The number of hydrogen-bond acceptors (Lipinski definition) is 4. The third kappa shape index (κ3) is 6.37. The number of ether oxygens (including phenoxy) is 1. The zero-order chi connectivity index (χ0) is 22.2. The van der Waals surface area contributed by atoms with Crippen molar-refractivity contribution in [1.29, 1.82) is 10.5 Å². The van der Waals surface area contributed by atoms with Gasteiger partial charge in [0.2, 0.25) is 0 Å². The minimum Gasteiger partial charge on any atom is -0.462 e. The summed E-state index contributed by atoms with van der Waals surface area (Å²) in [6.45, 7) is 0. The molecule has 0 radical (unpaired) electrons. The third-order valence-electron chi connectivity index (χ3n) is 6.73. The summed E-state index contributed by atoms with van der Waals surface area (Å²) in [4.78, 5) is 12.6. The molecule has 0 amide bonds. The topological polar surface area (TPSA) is 73.9 Å². The zero-order valence-corrected chi connectivity index (χ0v) is 17.7. The Morgan fingerprint density at radius 2 is 1.81 bits per heavy atom. The highest BCUT2D eigenvalue weighted by Crippen LogP contribution is 2.36. The van der Waals surface area contributed by atoms with Gasteiger partial charge in [-0.25, -0.2) is 4.39 Å². The van der Waals surface area contributed by atoms with Crippen LogP contribution in [0.4, 0.5) is 8.78 Å². The Morgan fingerprint density at radius 3 is 2.42 bits per heavy atom. The highest BCUT2D eigenvalue weighted by Gasteiger charge is 2.31. The fourth-order valence-corrected chi connectivity index (χ4v) is 4.83. The maximum atomic E-state index is 13.9. The highest BCUT2D eigenvalue weighted by atomic mass is 19.1. The molecule has 0 unspecified atom stereocenters. The molecule has 164 valence electrons. The van der Waals surface area contributed by atoms with Gasteiger partial charge in [-0.3, -0.25) is 4.79 Å². The van der Waals surface area contributed by atoms with Crippen LogP contribution in [0.5, 0.6) is 0 Å². The summed E-state index contributed by atoms with van der Waals surface area (Å²) >= 11 is 0. The van der Waals surface area contributed by atoms with Crippen molar-refractivity contribution in [2.45, 2.75) is 76.2 Å². The molecule has 0 aliphatic heterocycles. The van der Waals surface area contributed by atoms with Gasteiger partial charge in [0.05, 0.1) is 11.5 Å². The molecule has 0 N–H and O–H groups in total. The van der Waals surface area contributed by atoms with Gasteiger partial charge in [0.1, 0.15) is 24.1 Å². The number of esters is 1. The van der Waals surface area contributed by atoms with Crippen molar-refractivity contribution < 1.29 is 18.3 Å². The average molecular weight is 427 g/mol. The van der Waals surface area contributed by atoms with Crippen LogP contribution in [0, 0.1) is 40.3 Å². The quantitative estimate of drug-likeness (QED) is 0.399. The number of allylic oxidation sites excluding steroid dienone is 2. The summed E-state index contributed by atoms with van der Waals surface area (Å²) in [5.41, 5.74) is 0.968. The van der Waals surface area contributed by atoms with E-state index in [2.05, 4.69) is 0 Å². The van der Waals surface area contributed by atoms with Crippen molar-refractivity contribution >= 4 is 5.97 Å². The van der Waals surface area contributed by atoms with Gasteiger partial charge in [0.15, 0.2) is 5.83 Å². The Balaban J connectivity index is 1.39. The molecular weight excluding hydrogens is 398 g/mol. The van der Waals surface area contributed by atoms with Gasteiger partial charge in [-0.1, -0.05) is 6.07 Å². The predicted molar refractivity (Wildman–Crippen MR) is 112 cm³/mol. The first-order valence-corrected chi connectivity index (χ1v) is 11.2. The lowest BCUT2D eigenvalue weighted by molar-refractivity contribution is -0.157. The van der Waals surface area contributed by atoms with Crippen molar-refractivity contribution in [2.24, 2.45) is 11.8 Å². The molecule has 6 heteroatoms. The summed E-state index contributed by atoms with van der Waals surface area (Å²) in [6.07, 6.45) is 9.33. The molecule has 2 saturated carbocycles. The van der Waals surface area contributed by atoms with Crippen molar-refractivity contribution in [2.75, 3.05) is 0 Å². The SMILES string of the molecule is N#CC(F)=CCCC1CCC(C(=O)OC2CCC(c3ccc(C#N)c(F)c3)CC2)CC1. The fourth-order valence-electron chi connectivity index (χ4n) is 4.83. The minimum atomic E-state index is -0.726. The number of nitriles is 2. The summed E-state index contributed by atoms with van der Waals surface area (Å²) in [6, 6.07) is 8.14. The van der Waals surface area contributed by atoms with Gasteiger partial charge < -0.3 is 4.74 Å². The maximum absolute atomic E-state index is 13.9. The number of carbonyl (C=O) groups is 1. The second kappa shape index (κ2) is 11.0. The van der Waals surface area contributed by atoms with E-state index in [1.165, 1.54) is 24.3 Å². The van der Waals surface area contributed by atoms with Gasteiger partial charge >= 0.3 is 5.97 Å². The molecule has 0 spiro atoms. The van der Waals surface area contributed by atoms with Crippen molar-refractivity contribution in [3.05, 3.63) is 47.0 Å². The third-order valence-corrected chi connectivity index (χ3v) is 6.73. The average Bonchev–Trinajstić information content (AvgIpc) is 2.79. The molecule has 0 saturated heterocycles. The second-order valence-electron chi connectivity index (χ2n) is 8.72. The second-order valence-corrected chi connectivity index (χ2v) is 8.72. The Hall–Kier alpha value is -2.73. The Bertz CT molecular complexity index is 884. The Labute approximate surface area is 182 Å². The molecule has 0 atom stereocenters. The van der Waals surface area contributed by atoms with Crippen LogP contribution in [0.25, 0.3) is 0 Å². The predicted octanol–water partition coefficient (Wildman–Crippen LogP) is 6.23. The fraction of sp³-hybridized carbons (Fsp3) is 0.560. The van der Waals surface area contributed by atoms with Crippen LogP contribution in [0.1, 0.15) is 81.3 Å². The van der Waals surface area contributed by atoms with E-state index in [9.17, 15) is 13.6 Å².